The Kier molecular flexibility index (Phi) is 8.60. The average Bonchev–Trinajstić information content (AvgIpc) is 3.41. The van der Waals surface area contributed by atoms with Crippen molar-refractivity contribution in [2.24, 2.45) is 0 Å². The van der Waals surface area contributed by atoms with Crippen LogP contribution in [0.1, 0.15) is 72.0 Å². The van der Waals surface area contributed by atoms with E-state index in [1.807, 2.05) is 6.92 Å². The number of halogens is 2. The van der Waals surface area contributed by atoms with E-state index in [1.54, 1.807) is 31.2 Å². The molecule has 39 heavy (non-hydrogen) atoms. The van der Waals surface area contributed by atoms with Crippen molar-refractivity contribution in [3.05, 3.63) is 101 Å². The first kappa shape index (κ1) is 27.4. The number of nitrogens with one attached hydrogen (secondary N) is 1. The summed E-state index contributed by atoms with van der Waals surface area (Å²) in [4.78, 5) is 33.8. The normalized spacial score (nSPS) is 11.7. The number of nitrogens with zero attached hydrogens (tertiary/aromatic N) is 3. The molecule has 4 rings (SSSR count). The Hall–Kier alpha value is -4.67. The number of rotatable bonds is 10. The van der Waals surface area contributed by atoms with Crippen LogP contribution in [0.2, 0.25) is 0 Å². The minimum Gasteiger partial charge on any atom is -0.493 e. The monoisotopic (exact) mass is 536 g/mol. The minimum absolute atomic E-state index is 0.0833. The summed E-state index contributed by atoms with van der Waals surface area (Å²) in [6, 6.07) is 12.3. The molecule has 0 unspecified atom stereocenters. The number of carbonyl (C=O) groups is 2. The Bertz CT molecular complexity index is 1400. The molecule has 0 radical (unpaired) electrons. The number of ether oxygens (including phenoxy) is 2. The zero-order valence-corrected chi connectivity index (χ0v) is 21.5. The Morgan fingerprint density at radius 1 is 1.00 bits per heavy atom. The van der Waals surface area contributed by atoms with Crippen molar-refractivity contribution >= 4 is 11.9 Å². The molecule has 1 atom stereocenters. The summed E-state index contributed by atoms with van der Waals surface area (Å²) in [7, 11) is 1.38. The summed E-state index contributed by atoms with van der Waals surface area (Å²) in [6.45, 7) is 3.45. The molecule has 0 saturated heterocycles. The maximum Gasteiger partial charge on any atom is 0.311 e. The van der Waals surface area contributed by atoms with E-state index in [9.17, 15) is 18.4 Å². The lowest BCUT2D eigenvalue weighted by molar-refractivity contribution is -0.134. The lowest BCUT2D eigenvalue weighted by atomic mass is 9.90. The largest absolute Gasteiger partial charge is 0.493 e. The van der Waals surface area contributed by atoms with Gasteiger partial charge in [0.2, 0.25) is 11.6 Å². The van der Waals surface area contributed by atoms with Gasteiger partial charge in [0.1, 0.15) is 17.7 Å². The first-order valence-corrected chi connectivity index (χ1v) is 12.2. The third kappa shape index (κ3) is 6.43. The number of esters is 1. The lowest BCUT2D eigenvalue weighted by Gasteiger charge is -2.15. The van der Waals surface area contributed by atoms with E-state index in [0.29, 0.717) is 17.5 Å². The standard InChI is InChI=1S/C28H26F2N4O5/c1-4-5-22(35)38-25-21(37-3)14-15-31-24(25)27(36)32-16(2)28-33-26(34-39-28)23(17-6-10-19(29)11-7-17)18-8-12-20(30)13-9-18/h6-16,23H,4-5H2,1-3H3,(H,32,36)/t16-/m0/s1. The molecule has 0 spiro atoms. The molecule has 1 N–H and O–H groups in total. The van der Waals surface area contributed by atoms with Crippen molar-refractivity contribution in [1.29, 1.82) is 0 Å². The van der Waals surface area contributed by atoms with Crippen molar-refractivity contribution in [3.63, 3.8) is 0 Å². The highest BCUT2D eigenvalue weighted by molar-refractivity contribution is 5.96. The van der Waals surface area contributed by atoms with Crippen LogP contribution in [0.3, 0.4) is 0 Å². The van der Waals surface area contributed by atoms with Crippen LogP contribution in [0.5, 0.6) is 11.5 Å². The highest BCUT2D eigenvalue weighted by atomic mass is 19.1. The maximum absolute atomic E-state index is 13.6. The van der Waals surface area contributed by atoms with E-state index in [-0.39, 0.29) is 35.3 Å². The van der Waals surface area contributed by atoms with Gasteiger partial charge >= 0.3 is 5.97 Å². The van der Waals surface area contributed by atoms with Crippen molar-refractivity contribution in [1.82, 2.24) is 20.4 Å². The van der Waals surface area contributed by atoms with Crippen LogP contribution < -0.4 is 14.8 Å². The van der Waals surface area contributed by atoms with Gasteiger partial charge in [0.25, 0.3) is 5.91 Å². The quantitative estimate of drug-likeness (QED) is 0.277. The number of hydrogen-bond acceptors (Lipinski definition) is 8. The summed E-state index contributed by atoms with van der Waals surface area (Å²) in [6.07, 6.45) is 2.08. The van der Waals surface area contributed by atoms with Gasteiger partial charge in [-0.05, 0) is 48.7 Å². The third-order valence-corrected chi connectivity index (χ3v) is 5.81. The van der Waals surface area contributed by atoms with Crippen molar-refractivity contribution in [3.8, 4) is 11.5 Å². The molecule has 2 aromatic carbocycles. The van der Waals surface area contributed by atoms with Crippen LogP contribution in [0.25, 0.3) is 0 Å². The van der Waals surface area contributed by atoms with E-state index in [4.69, 9.17) is 14.0 Å². The number of amides is 1. The van der Waals surface area contributed by atoms with Gasteiger partial charge in [-0.15, -0.1) is 0 Å². The number of pyridine rings is 1. The number of methoxy groups -OCH3 is 1. The molecule has 2 aromatic heterocycles. The fourth-order valence-electron chi connectivity index (χ4n) is 3.89. The van der Waals surface area contributed by atoms with E-state index in [1.165, 1.54) is 43.6 Å². The summed E-state index contributed by atoms with van der Waals surface area (Å²) in [5.74, 6) is -2.19. The van der Waals surface area contributed by atoms with Gasteiger partial charge in [-0.3, -0.25) is 9.59 Å². The first-order chi connectivity index (χ1) is 18.8. The second kappa shape index (κ2) is 12.2. The molecule has 1 amide bonds. The van der Waals surface area contributed by atoms with Crippen molar-refractivity contribution in [2.45, 2.75) is 38.6 Å². The molecule has 11 heteroatoms. The van der Waals surface area contributed by atoms with Gasteiger partial charge in [0.05, 0.1) is 13.0 Å². The fourth-order valence-corrected chi connectivity index (χ4v) is 3.89. The van der Waals surface area contributed by atoms with Crippen LogP contribution >= 0.6 is 0 Å². The third-order valence-electron chi connectivity index (χ3n) is 5.81. The minimum atomic E-state index is -0.770. The van der Waals surface area contributed by atoms with E-state index < -0.39 is 35.5 Å². The van der Waals surface area contributed by atoms with Crippen molar-refractivity contribution in [2.75, 3.05) is 7.11 Å². The summed E-state index contributed by atoms with van der Waals surface area (Å²) < 4.78 is 43.2. The molecule has 0 aliphatic heterocycles. The summed E-state index contributed by atoms with van der Waals surface area (Å²) in [5.41, 5.74) is 1.17. The highest BCUT2D eigenvalue weighted by Gasteiger charge is 2.27. The molecule has 0 aliphatic carbocycles. The summed E-state index contributed by atoms with van der Waals surface area (Å²) >= 11 is 0. The first-order valence-electron chi connectivity index (χ1n) is 12.2. The molecule has 9 nitrogen and oxygen atoms in total. The molecule has 0 fully saturated rings. The Morgan fingerprint density at radius 2 is 1.62 bits per heavy atom. The molecule has 0 saturated carbocycles. The van der Waals surface area contributed by atoms with Crippen molar-refractivity contribution < 1.29 is 32.4 Å². The van der Waals surface area contributed by atoms with Crippen LogP contribution in [0, 0.1) is 11.6 Å². The molecule has 202 valence electrons. The molecule has 2 heterocycles. The molecule has 4 aromatic rings. The zero-order chi connectivity index (χ0) is 27.9. The van der Waals surface area contributed by atoms with Crippen LogP contribution in [0.4, 0.5) is 8.78 Å². The Morgan fingerprint density at radius 3 is 2.18 bits per heavy atom. The highest BCUT2D eigenvalue weighted by Crippen LogP contribution is 2.32. The topological polar surface area (TPSA) is 116 Å². The van der Waals surface area contributed by atoms with Crippen LogP contribution in [-0.2, 0) is 4.79 Å². The average molecular weight is 537 g/mol. The van der Waals surface area contributed by atoms with Gasteiger partial charge in [-0.25, -0.2) is 13.8 Å². The second-order valence-corrected chi connectivity index (χ2v) is 8.64. The Balaban J connectivity index is 1.59. The van der Waals surface area contributed by atoms with Crippen LogP contribution in [0.15, 0.2) is 65.3 Å². The smallest absolute Gasteiger partial charge is 0.311 e. The van der Waals surface area contributed by atoms with E-state index >= 15 is 0 Å². The number of hydrogen-bond donors (Lipinski definition) is 1. The number of benzene rings is 2. The maximum atomic E-state index is 13.6. The second-order valence-electron chi connectivity index (χ2n) is 8.64. The van der Waals surface area contributed by atoms with Gasteiger partial charge < -0.3 is 19.3 Å². The molecular formula is C28H26F2N4O5. The zero-order valence-electron chi connectivity index (χ0n) is 21.5. The van der Waals surface area contributed by atoms with Crippen LogP contribution in [-0.4, -0.2) is 34.1 Å². The van der Waals surface area contributed by atoms with Gasteiger partial charge in [-0.1, -0.05) is 36.3 Å². The summed E-state index contributed by atoms with van der Waals surface area (Å²) in [5, 5.41) is 6.80. The fraction of sp³-hybridized carbons (Fsp3) is 0.250. The molecule has 0 bridgehead atoms. The predicted molar refractivity (Wildman–Crippen MR) is 135 cm³/mol. The molecular weight excluding hydrogens is 510 g/mol. The van der Waals surface area contributed by atoms with Gasteiger partial charge in [-0.2, -0.15) is 4.98 Å². The number of aromatic nitrogens is 3. The number of carbonyl (C=O) groups excluding carboxylic acids is 2. The van der Waals surface area contributed by atoms with E-state index in [2.05, 4.69) is 20.4 Å². The van der Waals surface area contributed by atoms with Gasteiger partial charge in [0, 0.05) is 18.7 Å². The Labute approximate surface area is 223 Å². The van der Waals surface area contributed by atoms with E-state index in [0.717, 1.165) is 0 Å². The molecule has 0 aliphatic rings. The SMILES string of the molecule is CCCC(=O)Oc1c(OC)ccnc1C(=O)N[C@@H](C)c1nc(C(c2ccc(F)cc2)c2ccc(F)cc2)no1. The lowest BCUT2D eigenvalue weighted by Crippen LogP contribution is -2.28. The van der Waals surface area contributed by atoms with Gasteiger partial charge in [0.15, 0.2) is 17.3 Å². The predicted octanol–water partition coefficient (Wildman–Crippen LogP) is 5.13.